The summed E-state index contributed by atoms with van der Waals surface area (Å²) in [5, 5.41) is 42.1. The van der Waals surface area contributed by atoms with Crippen LogP contribution in [0, 0.1) is 22.7 Å². The molecular weight excluding hydrogens is 367 g/mol. The lowest BCUT2D eigenvalue weighted by molar-refractivity contribution is -0.222. The van der Waals surface area contributed by atoms with Gasteiger partial charge in [-0.05, 0) is 50.7 Å². The van der Waals surface area contributed by atoms with Crippen LogP contribution in [0.5, 0.6) is 0 Å². The Balaban J connectivity index is 1.84. The van der Waals surface area contributed by atoms with Gasteiger partial charge in [-0.25, -0.2) is 4.39 Å². The molecule has 0 heterocycles. The van der Waals surface area contributed by atoms with Crippen molar-refractivity contribution in [3.63, 3.8) is 0 Å². The second kappa shape index (κ2) is 5.81. The second-order valence-electron chi connectivity index (χ2n) is 9.36. The molecule has 4 aliphatic rings. The predicted molar refractivity (Wildman–Crippen MR) is 96.8 cm³/mol. The first-order valence-electron chi connectivity index (χ1n) is 9.82. The Kier molecular flexibility index (Phi) is 4.13. The van der Waals surface area contributed by atoms with Gasteiger partial charge in [0.05, 0.1) is 12.2 Å². The summed E-state index contributed by atoms with van der Waals surface area (Å²) in [6.07, 6.45) is 1.93. The molecule has 4 N–H and O–H groups in total. The Morgan fingerprint density at radius 2 is 1.93 bits per heavy atom. The molecule has 0 spiro atoms. The van der Waals surface area contributed by atoms with Gasteiger partial charge < -0.3 is 20.4 Å². The molecule has 4 aliphatic carbocycles. The fourth-order valence-corrected chi connectivity index (χ4v) is 6.85. The first kappa shape index (κ1) is 19.9. The van der Waals surface area contributed by atoms with E-state index in [4.69, 9.17) is 0 Å². The highest BCUT2D eigenvalue weighted by molar-refractivity contribution is 6.01. The standard InChI is InChI=1S/C21H27FO6/c1-18-6-5-12(24)7-11(18)3-4-13-14-8-15(25)21(28,17(27)10-23)19(14,2)9-16(26)20(13,18)22/h5-7,13-16,23,25-26,28H,3-4,8-10H2,1-2H3/t13?,14?,15-,16+,18?,19?,20?,21?/m1/s1. The number of rotatable bonds is 2. The summed E-state index contributed by atoms with van der Waals surface area (Å²) in [5.41, 5.74) is -6.12. The van der Waals surface area contributed by atoms with Crippen molar-refractivity contribution in [3.05, 3.63) is 23.8 Å². The summed E-state index contributed by atoms with van der Waals surface area (Å²) in [4.78, 5) is 24.2. The van der Waals surface area contributed by atoms with Gasteiger partial charge in [0.25, 0.3) is 0 Å². The summed E-state index contributed by atoms with van der Waals surface area (Å²) in [7, 11) is 0. The number of alkyl halides is 1. The Morgan fingerprint density at radius 1 is 1.25 bits per heavy atom. The largest absolute Gasteiger partial charge is 0.390 e. The molecule has 8 atom stereocenters. The van der Waals surface area contributed by atoms with Crippen LogP contribution in [0.15, 0.2) is 23.8 Å². The van der Waals surface area contributed by atoms with Gasteiger partial charge in [-0.15, -0.1) is 0 Å². The van der Waals surface area contributed by atoms with Gasteiger partial charge in [0.2, 0.25) is 0 Å². The molecule has 0 aromatic carbocycles. The van der Waals surface area contributed by atoms with Crippen LogP contribution in [0.3, 0.4) is 0 Å². The van der Waals surface area contributed by atoms with Crippen LogP contribution in [0.1, 0.15) is 39.5 Å². The number of aliphatic hydroxyl groups excluding tert-OH is 3. The van der Waals surface area contributed by atoms with E-state index in [9.17, 15) is 30.0 Å². The predicted octanol–water partition coefficient (Wildman–Crippen LogP) is 0.620. The van der Waals surface area contributed by atoms with E-state index in [1.54, 1.807) is 13.8 Å². The molecule has 0 radical (unpaired) electrons. The third kappa shape index (κ3) is 2.01. The summed E-state index contributed by atoms with van der Waals surface area (Å²) < 4.78 is 16.8. The number of halogens is 1. The number of hydrogen-bond acceptors (Lipinski definition) is 6. The van der Waals surface area contributed by atoms with Crippen molar-refractivity contribution < 1.29 is 34.4 Å². The quantitative estimate of drug-likeness (QED) is 0.546. The highest BCUT2D eigenvalue weighted by atomic mass is 19.1. The highest BCUT2D eigenvalue weighted by Crippen LogP contribution is 2.69. The van der Waals surface area contributed by atoms with E-state index in [-0.39, 0.29) is 18.6 Å². The van der Waals surface area contributed by atoms with Gasteiger partial charge in [-0.2, -0.15) is 0 Å². The topological polar surface area (TPSA) is 115 Å². The van der Waals surface area contributed by atoms with Crippen LogP contribution in [0.25, 0.3) is 0 Å². The molecular formula is C21H27FO6. The zero-order valence-corrected chi connectivity index (χ0v) is 16.1. The monoisotopic (exact) mass is 394 g/mol. The summed E-state index contributed by atoms with van der Waals surface area (Å²) in [6.45, 7) is 2.33. The van der Waals surface area contributed by atoms with Crippen LogP contribution >= 0.6 is 0 Å². The summed E-state index contributed by atoms with van der Waals surface area (Å²) >= 11 is 0. The fourth-order valence-electron chi connectivity index (χ4n) is 6.85. The molecule has 0 aromatic rings. The average molecular weight is 394 g/mol. The third-order valence-corrected chi connectivity index (χ3v) is 8.43. The zero-order chi connectivity index (χ0) is 20.7. The lowest BCUT2D eigenvalue weighted by atomic mass is 9.44. The number of hydrogen-bond donors (Lipinski definition) is 4. The molecule has 7 heteroatoms. The van der Waals surface area contributed by atoms with Crippen molar-refractivity contribution in [1.82, 2.24) is 0 Å². The number of carbonyl (C=O) groups excluding carboxylic acids is 2. The van der Waals surface area contributed by atoms with Crippen molar-refractivity contribution >= 4 is 11.6 Å². The Morgan fingerprint density at radius 3 is 2.57 bits per heavy atom. The van der Waals surface area contributed by atoms with Gasteiger partial charge >= 0.3 is 0 Å². The molecule has 3 fully saturated rings. The maximum absolute atomic E-state index is 16.8. The van der Waals surface area contributed by atoms with E-state index in [0.29, 0.717) is 18.4 Å². The van der Waals surface area contributed by atoms with Crippen molar-refractivity contribution in [2.24, 2.45) is 22.7 Å². The maximum Gasteiger partial charge on any atom is 0.192 e. The van der Waals surface area contributed by atoms with Crippen molar-refractivity contribution in [2.75, 3.05) is 6.61 Å². The van der Waals surface area contributed by atoms with E-state index in [0.717, 1.165) is 0 Å². The molecule has 4 rings (SSSR count). The smallest absolute Gasteiger partial charge is 0.192 e. The lowest BCUT2D eigenvalue weighted by Gasteiger charge is -2.62. The molecule has 0 aliphatic heterocycles. The Labute approximate surface area is 162 Å². The Hall–Kier alpha value is -1.41. The Bertz CT molecular complexity index is 807. The fraction of sp³-hybridized carbons (Fsp3) is 0.714. The molecule has 6 unspecified atom stereocenters. The van der Waals surface area contributed by atoms with Gasteiger partial charge in [0.1, 0.15) is 6.61 Å². The van der Waals surface area contributed by atoms with Crippen LogP contribution in [-0.4, -0.2) is 62.1 Å². The summed E-state index contributed by atoms with van der Waals surface area (Å²) in [6, 6.07) is 0. The number of aliphatic hydroxyl groups is 4. The van der Waals surface area contributed by atoms with Gasteiger partial charge in [0.15, 0.2) is 22.8 Å². The molecule has 3 saturated carbocycles. The first-order valence-corrected chi connectivity index (χ1v) is 9.82. The van der Waals surface area contributed by atoms with E-state index >= 15 is 4.39 Å². The zero-order valence-electron chi connectivity index (χ0n) is 16.1. The molecule has 0 amide bonds. The lowest BCUT2D eigenvalue weighted by Crippen LogP contribution is -2.69. The number of Topliss-reactive ketones (excluding diaryl/α,β-unsaturated/α-hetero) is 1. The van der Waals surface area contributed by atoms with Crippen molar-refractivity contribution in [1.29, 1.82) is 0 Å². The molecule has 154 valence electrons. The number of ketones is 2. The molecule has 0 bridgehead atoms. The summed E-state index contributed by atoms with van der Waals surface area (Å²) in [5.74, 6) is -2.38. The molecule has 28 heavy (non-hydrogen) atoms. The van der Waals surface area contributed by atoms with Gasteiger partial charge in [-0.1, -0.05) is 18.6 Å². The molecule has 0 aromatic heterocycles. The van der Waals surface area contributed by atoms with Crippen molar-refractivity contribution in [2.45, 2.75) is 63.0 Å². The highest BCUT2D eigenvalue weighted by Gasteiger charge is 2.76. The van der Waals surface area contributed by atoms with E-state index in [1.165, 1.54) is 18.2 Å². The minimum absolute atomic E-state index is 0.0135. The molecule has 6 nitrogen and oxygen atoms in total. The van der Waals surface area contributed by atoms with E-state index in [1.807, 2.05) is 0 Å². The number of allylic oxidation sites excluding steroid dienone is 4. The van der Waals surface area contributed by atoms with Crippen molar-refractivity contribution in [3.8, 4) is 0 Å². The van der Waals surface area contributed by atoms with Crippen LogP contribution in [0.4, 0.5) is 4.39 Å². The van der Waals surface area contributed by atoms with E-state index < -0.39 is 58.5 Å². The average Bonchev–Trinajstić information content (AvgIpc) is 2.84. The van der Waals surface area contributed by atoms with Crippen LogP contribution in [0.2, 0.25) is 0 Å². The second-order valence-corrected chi connectivity index (χ2v) is 9.36. The first-order chi connectivity index (χ1) is 13.0. The minimum Gasteiger partial charge on any atom is -0.390 e. The normalized spacial score (nSPS) is 52.5. The van der Waals surface area contributed by atoms with E-state index in [2.05, 4.69) is 0 Å². The minimum atomic E-state index is -2.23. The number of fused-ring (bicyclic) bond motifs is 5. The van der Waals surface area contributed by atoms with Gasteiger partial charge in [-0.3, -0.25) is 9.59 Å². The van der Waals surface area contributed by atoms with Gasteiger partial charge in [0, 0.05) is 16.7 Å². The van der Waals surface area contributed by atoms with Crippen LogP contribution < -0.4 is 0 Å². The SMILES string of the molecule is CC12C=CC(=O)C=C1CCC1C3C[C@@H](O)C(O)(C(=O)CO)C3(C)C[C@H](O)C12F. The third-order valence-electron chi connectivity index (χ3n) is 8.43. The number of carbonyl (C=O) groups is 2. The maximum atomic E-state index is 16.8. The molecule has 0 saturated heterocycles. The van der Waals surface area contributed by atoms with Crippen LogP contribution in [-0.2, 0) is 9.59 Å².